The summed E-state index contributed by atoms with van der Waals surface area (Å²) in [6.45, 7) is 4.06. The van der Waals surface area contributed by atoms with Crippen molar-refractivity contribution in [3.8, 4) is 0 Å². The first-order chi connectivity index (χ1) is 14.0. The monoisotopic (exact) mass is 488 g/mol. The van der Waals surface area contributed by atoms with E-state index in [4.69, 9.17) is 23.2 Å². The van der Waals surface area contributed by atoms with Crippen molar-refractivity contribution >= 4 is 54.6 Å². The van der Waals surface area contributed by atoms with E-state index in [2.05, 4.69) is 14.5 Å². The van der Waals surface area contributed by atoms with Gasteiger partial charge in [-0.3, -0.25) is 14.1 Å². The normalized spacial score (nSPS) is 12.0. The number of aryl methyl sites for hydroxylation is 1. The molecule has 0 saturated heterocycles. The van der Waals surface area contributed by atoms with Gasteiger partial charge >= 0.3 is 0 Å². The van der Waals surface area contributed by atoms with Crippen molar-refractivity contribution in [2.75, 3.05) is 9.44 Å². The van der Waals surface area contributed by atoms with Crippen LogP contribution in [0.3, 0.4) is 0 Å². The van der Waals surface area contributed by atoms with Gasteiger partial charge in [-0.25, -0.2) is 16.8 Å². The Morgan fingerprint density at radius 1 is 0.900 bits per heavy atom. The Kier molecular flexibility index (Phi) is 6.32. The molecule has 2 aromatic carbocycles. The molecule has 0 aliphatic rings. The molecule has 0 atom stereocenters. The molecule has 160 valence electrons. The molecular weight excluding hydrogens is 471 g/mol. The van der Waals surface area contributed by atoms with E-state index in [0.29, 0.717) is 17.3 Å². The summed E-state index contributed by atoms with van der Waals surface area (Å²) in [5.41, 5.74) is 0.972. The summed E-state index contributed by atoms with van der Waals surface area (Å²) in [6, 6.07) is 9.65. The number of hydrogen-bond acceptors (Lipinski definition) is 5. The maximum atomic E-state index is 12.6. The maximum Gasteiger partial charge on any atom is 0.265 e. The van der Waals surface area contributed by atoms with Gasteiger partial charge in [0, 0.05) is 12.2 Å². The number of halogens is 2. The Morgan fingerprint density at radius 3 is 2.07 bits per heavy atom. The van der Waals surface area contributed by atoms with Crippen LogP contribution in [-0.2, 0) is 26.6 Å². The molecule has 12 heteroatoms. The topological polar surface area (TPSA) is 110 Å². The summed E-state index contributed by atoms with van der Waals surface area (Å²) in [7, 11) is -7.77. The number of aromatic nitrogens is 2. The number of sulfonamides is 2. The third-order valence-electron chi connectivity index (χ3n) is 4.24. The lowest BCUT2D eigenvalue weighted by Gasteiger charge is -2.11. The van der Waals surface area contributed by atoms with E-state index in [1.165, 1.54) is 48.7 Å². The number of rotatable bonds is 7. The molecule has 0 fully saturated rings. The average Bonchev–Trinajstić information content (AvgIpc) is 3.06. The second-order valence-electron chi connectivity index (χ2n) is 6.27. The number of benzene rings is 2. The van der Waals surface area contributed by atoms with Gasteiger partial charge in [-0.1, -0.05) is 23.2 Å². The van der Waals surface area contributed by atoms with Crippen LogP contribution in [0.25, 0.3) is 0 Å². The molecule has 1 heterocycles. The van der Waals surface area contributed by atoms with Crippen molar-refractivity contribution in [3.63, 3.8) is 0 Å². The molecule has 0 unspecified atom stereocenters. The van der Waals surface area contributed by atoms with E-state index in [0.717, 1.165) is 0 Å². The van der Waals surface area contributed by atoms with E-state index in [-0.39, 0.29) is 26.2 Å². The lowest BCUT2D eigenvalue weighted by atomic mass is 10.3. The molecule has 0 radical (unpaired) electrons. The van der Waals surface area contributed by atoms with Gasteiger partial charge in [0.05, 0.1) is 32.5 Å². The molecule has 0 amide bonds. The summed E-state index contributed by atoms with van der Waals surface area (Å²) in [4.78, 5) is 0.00818. The highest BCUT2D eigenvalue weighted by Gasteiger charge is 2.21. The third kappa shape index (κ3) is 4.72. The highest BCUT2D eigenvalue weighted by molar-refractivity contribution is 7.93. The van der Waals surface area contributed by atoms with Crippen LogP contribution in [0.1, 0.15) is 12.6 Å². The smallest absolute Gasteiger partial charge is 0.265 e. The van der Waals surface area contributed by atoms with Crippen molar-refractivity contribution in [3.05, 3.63) is 64.4 Å². The zero-order valence-corrected chi connectivity index (χ0v) is 19.1. The molecule has 1 aromatic heterocycles. The van der Waals surface area contributed by atoms with Crippen molar-refractivity contribution in [1.29, 1.82) is 0 Å². The number of hydrogen-bond donors (Lipinski definition) is 2. The SMILES string of the molecule is CCn1ncc(S(=O)(=O)Nc2ccc(S(=O)(=O)Nc3ccc(Cl)c(Cl)c3)cc2)c1C. The largest absolute Gasteiger partial charge is 0.280 e. The first-order valence-corrected chi connectivity index (χ1v) is 12.4. The first-order valence-electron chi connectivity index (χ1n) is 8.66. The Labute approximate surface area is 184 Å². The Hall–Kier alpha value is -2.27. The summed E-state index contributed by atoms with van der Waals surface area (Å²) >= 11 is 11.7. The van der Waals surface area contributed by atoms with Gasteiger partial charge in [0.15, 0.2) is 0 Å². The van der Waals surface area contributed by atoms with E-state index < -0.39 is 20.0 Å². The van der Waals surface area contributed by atoms with Crippen molar-refractivity contribution < 1.29 is 16.8 Å². The van der Waals surface area contributed by atoms with Crippen molar-refractivity contribution in [1.82, 2.24) is 9.78 Å². The van der Waals surface area contributed by atoms with Crippen LogP contribution in [0.4, 0.5) is 11.4 Å². The molecule has 3 rings (SSSR count). The number of anilines is 2. The summed E-state index contributed by atoms with van der Waals surface area (Å²) in [6.07, 6.45) is 1.28. The van der Waals surface area contributed by atoms with Gasteiger partial charge in [0.2, 0.25) is 0 Å². The van der Waals surface area contributed by atoms with Gasteiger partial charge in [-0.2, -0.15) is 5.10 Å². The van der Waals surface area contributed by atoms with Crippen LogP contribution in [0, 0.1) is 6.92 Å². The highest BCUT2D eigenvalue weighted by Crippen LogP contribution is 2.27. The molecule has 0 spiro atoms. The van der Waals surface area contributed by atoms with Crippen LogP contribution in [0.2, 0.25) is 10.0 Å². The predicted octanol–water partition coefficient (Wildman–Crippen LogP) is 4.12. The molecule has 30 heavy (non-hydrogen) atoms. The molecular formula is C18H18Cl2N4O4S2. The number of nitrogens with one attached hydrogen (secondary N) is 2. The van der Waals surface area contributed by atoms with Gasteiger partial charge in [-0.05, 0) is 56.3 Å². The zero-order valence-electron chi connectivity index (χ0n) is 15.9. The van der Waals surface area contributed by atoms with Crippen molar-refractivity contribution in [2.24, 2.45) is 0 Å². The maximum absolute atomic E-state index is 12.6. The van der Waals surface area contributed by atoms with E-state index in [1.54, 1.807) is 11.6 Å². The highest BCUT2D eigenvalue weighted by atomic mass is 35.5. The average molecular weight is 489 g/mol. The number of nitrogens with zero attached hydrogens (tertiary/aromatic N) is 2. The Morgan fingerprint density at radius 2 is 1.50 bits per heavy atom. The van der Waals surface area contributed by atoms with Crippen LogP contribution >= 0.6 is 23.2 Å². The van der Waals surface area contributed by atoms with Gasteiger partial charge in [-0.15, -0.1) is 0 Å². The fraction of sp³-hybridized carbons (Fsp3) is 0.167. The van der Waals surface area contributed by atoms with Gasteiger partial charge in [0.1, 0.15) is 4.90 Å². The van der Waals surface area contributed by atoms with Crippen LogP contribution in [0.15, 0.2) is 58.5 Å². The zero-order chi connectivity index (χ0) is 22.1. The second kappa shape index (κ2) is 8.46. The summed E-state index contributed by atoms with van der Waals surface area (Å²) < 4.78 is 56.7. The second-order valence-corrected chi connectivity index (χ2v) is 10.4. The summed E-state index contributed by atoms with van der Waals surface area (Å²) in [5, 5.41) is 4.55. The van der Waals surface area contributed by atoms with Crippen molar-refractivity contribution in [2.45, 2.75) is 30.2 Å². The van der Waals surface area contributed by atoms with Crippen LogP contribution < -0.4 is 9.44 Å². The lowest BCUT2D eigenvalue weighted by Crippen LogP contribution is -2.15. The van der Waals surface area contributed by atoms with Gasteiger partial charge in [0.25, 0.3) is 20.0 Å². The van der Waals surface area contributed by atoms with E-state index in [9.17, 15) is 16.8 Å². The van der Waals surface area contributed by atoms with Gasteiger partial charge < -0.3 is 0 Å². The van der Waals surface area contributed by atoms with E-state index >= 15 is 0 Å². The molecule has 0 aliphatic heterocycles. The lowest BCUT2D eigenvalue weighted by molar-refractivity contribution is 0.598. The predicted molar refractivity (Wildman–Crippen MR) is 117 cm³/mol. The quantitative estimate of drug-likeness (QED) is 0.519. The third-order valence-corrected chi connectivity index (χ3v) is 7.86. The first kappa shape index (κ1) is 22.4. The Bertz CT molecular complexity index is 1290. The fourth-order valence-corrected chi connectivity index (χ4v) is 5.28. The van der Waals surface area contributed by atoms with Crippen LogP contribution in [0.5, 0.6) is 0 Å². The van der Waals surface area contributed by atoms with Crippen LogP contribution in [-0.4, -0.2) is 26.6 Å². The standard InChI is InChI=1S/C18H18Cl2N4O4S2/c1-3-24-12(2)18(11-21-24)30(27,28)22-13-4-7-15(8-5-13)29(25,26)23-14-6-9-16(19)17(20)10-14/h4-11,22-23H,3H2,1-2H3. The minimum atomic E-state index is -3.90. The molecule has 2 N–H and O–H groups in total. The summed E-state index contributed by atoms with van der Waals surface area (Å²) in [5.74, 6) is 0. The minimum absolute atomic E-state index is 0.0495. The molecule has 0 aliphatic carbocycles. The molecule has 8 nitrogen and oxygen atoms in total. The minimum Gasteiger partial charge on any atom is -0.280 e. The fourth-order valence-electron chi connectivity index (χ4n) is 2.70. The molecule has 0 bridgehead atoms. The Balaban J connectivity index is 1.79. The van der Waals surface area contributed by atoms with E-state index in [1.807, 2.05) is 6.92 Å². The molecule has 3 aromatic rings. The molecule has 0 saturated carbocycles.